The molecule has 0 heterocycles. The fraction of sp³-hybridized carbons (Fsp3) is 0.231. The van der Waals surface area contributed by atoms with Crippen LogP contribution in [0.3, 0.4) is 0 Å². The summed E-state index contributed by atoms with van der Waals surface area (Å²) in [6, 6.07) is 23.5. The van der Waals surface area contributed by atoms with Crippen LogP contribution >= 0.6 is 11.6 Å². The molecule has 0 spiro atoms. The van der Waals surface area contributed by atoms with Crippen LogP contribution in [0.5, 0.6) is 11.5 Å². The number of rotatable bonds is 8. The highest BCUT2D eigenvalue weighted by Crippen LogP contribution is 2.36. The summed E-state index contributed by atoms with van der Waals surface area (Å²) < 4.78 is 5.85. The number of benzene rings is 3. The molecule has 0 saturated heterocycles. The lowest BCUT2D eigenvalue weighted by Crippen LogP contribution is -2.19. The molecule has 0 bridgehead atoms. The predicted octanol–water partition coefficient (Wildman–Crippen LogP) is 6.36. The van der Waals surface area contributed by atoms with Crippen molar-refractivity contribution in [3.8, 4) is 11.5 Å². The Morgan fingerprint density at radius 2 is 1.53 bits per heavy atom. The van der Waals surface area contributed by atoms with Crippen molar-refractivity contribution < 1.29 is 9.84 Å². The monoisotopic (exact) mass is 421 g/mol. The first kappa shape index (κ1) is 21.9. The van der Waals surface area contributed by atoms with E-state index >= 15 is 0 Å². The number of ether oxygens (including phenoxy) is 1. The Balaban J connectivity index is 2.05. The van der Waals surface area contributed by atoms with Crippen molar-refractivity contribution in [1.29, 1.82) is 0 Å². The van der Waals surface area contributed by atoms with Crippen LogP contribution in [0.4, 0.5) is 0 Å². The molecule has 3 aromatic carbocycles. The maximum absolute atomic E-state index is 9.76. The first-order valence-electron chi connectivity index (χ1n) is 10.1. The topological polar surface area (TPSA) is 32.7 Å². The number of halogens is 1. The van der Waals surface area contributed by atoms with Crippen LogP contribution in [0.1, 0.15) is 30.0 Å². The van der Waals surface area contributed by atoms with Crippen LogP contribution in [0.25, 0.3) is 11.1 Å². The van der Waals surface area contributed by atoms with Crippen molar-refractivity contribution in [1.82, 2.24) is 4.90 Å². The maximum Gasteiger partial charge on any atom is 0.119 e. The van der Waals surface area contributed by atoms with Crippen molar-refractivity contribution in [3.05, 3.63) is 94.5 Å². The third-order valence-corrected chi connectivity index (χ3v) is 5.17. The van der Waals surface area contributed by atoms with Gasteiger partial charge in [0.25, 0.3) is 0 Å². The summed E-state index contributed by atoms with van der Waals surface area (Å²) in [5.41, 5.74) is 5.56. The Labute approximate surface area is 184 Å². The van der Waals surface area contributed by atoms with Crippen LogP contribution in [-0.4, -0.2) is 37.3 Å². The molecule has 0 aliphatic heterocycles. The lowest BCUT2D eigenvalue weighted by atomic mass is 9.88. The average Bonchev–Trinajstić information content (AvgIpc) is 2.73. The van der Waals surface area contributed by atoms with E-state index in [1.54, 1.807) is 12.1 Å². The fourth-order valence-corrected chi connectivity index (χ4v) is 3.60. The molecule has 0 radical (unpaired) electrons. The molecule has 0 atom stereocenters. The molecular weight excluding hydrogens is 394 g/mol. The summed E-state index contributed by atoms with van der Waals surface area (Å²) in [5, 5.41) is 10.5. The minimum absolute atomic E-state index is 0.253. The standard InChI is InChI=1S/C26H28ClNO2/c1-4-25(21-6-5-7-22(27)18-21)26(19-8-12-23(29)13-9-19)20-10-14-24(15-11-20)30-17-16-28(2)3/h5-15,18,29H,4,16-17H2,1-3H3. The second kappa shape index (κ2) is 10.3. The molecule has 0 aliphatic carbocycles. The Morgan fingerprint density at radius 1 is 0.900 bits per heavy atom. The zero-order chi connectivity index (χ0) is 21.5. The van der Waals surface area contributed by atoms with Gasteiger partial charge < -0.3 is 14.7 Å². The molecule has 0 amide bonds. The number of likely N-dealkylation sites (N-methyl/N-ethyl adjacent to an activating group) is 1. The zero-order valence-electron chi connectivity index (χ0n) is 17.7. The Hall–Kier alpha value is -2.75. The zero-order valence-corrected chi connectivity index (χ0v) is 18.5. The van der Waals surface area contributed by atoms with Gasteiger partial charge in [-0.2, -0.15) is 0 Å². The number of hydrogen-bond acceptors (Lipinski definition) is 3. The van der Waals surface area contributed by atoms with E-state index in [0.717, 1.165) is 41.0 Å². The van der Waals surface area contributed by atoms with Crippen LogP contribution in [0, 0.1) is 0 Å². The van der Waals surface area contributed by atoms with E-state index in [0.29, 0.717) is 11.6 Å². The van der Waals surface area contributed by atoms with Crippen LogP contribution in [-0.2, 0) is 0 Å². The number of allylic oxidation sites excluding steroid dienone is 1. The van der Waals surface area contributed by atoms with Gasteiger partial charge in [0.05, 0.1) is 0 Å². The first-order valence-corrected chi connectivity index (χ1v) is 10.5. The third kappa shape index (κ3) is 5.65. The van der Waals surface area contributed by atoms with Gasteiger partial charge >= 0.3 is 0 Å². The third-order valence-electron chi connectivity index (χ3n) is 4.93. The Morgan fingerprint density at radius 3 is 2.10 bits per heavy atom. The van der Waals surface area contributed by atoms with Crippen LogP contribution in [0.15, 0.2) is 72.8 Å². The number of hydrogen-bond donors (Lipinski definition) is 1. The normalized spacial score (nSPS) is 12.0. The molecule has 4 heteroatoms. The quantitative estimate of drug-likeness (QED) is 0.430. The highest BCUT2D eigenvalue weighted by atomic mass is 35.5. The van der Waals surface area contributed by atoms with E-state index < -0.39 is 0 Å². The maximum atomic E-state index is 9.76. The van der Waals surface area contributed by atoms with E-state index in [1.165, 1.54) is 5.57 Å². The Kier molecular flexibility index (Phi) is 7.56. The van der Waals surface area contributed by atoms with Crippen molar-refractivity contribution in [2.45, 2.75) is 13.3 Å². The van der Waals surface area contributed by atoms with Gasteiger partial charge in [-0.25, -0.2) is 0 Å². The molecule has 30 heavy (non-hydrogen) atoms. The second-order valence-corrected chi connectivity index (χ2v) is 7.88. The fourth-order valence-electron chi connectivity index (χ4n) is 3.41. The van der Waals surface area contributed by atoms with E-state index in [1.807, 2.05) is 56.6 Å². The summed E-state index contributed by atoms with van der Waals surface area (Å²) in [4.78, 5) is 2.10. The molecule has 156 valence electrons. The van der Waals surface area contributed by atoms with Gasteiger partial charge in [-0.1, -0.05) is 54.9 Å². The summed E-state index contributed by atoms with van der Waals surface area (Å²) in [5.74, 6) is 1.11. The minimum atomic E-state index is 0.253. The number of aromatic hydroxyl groups is 1. The van der Waals surface area contributed by atoms with Crippen LogP contribution in [0.2, 0.25) is 5.02 Å². The number of nitrogens with zero attached hydrogens (tertiary/aromatic N) is 1. The molecule has 0 unspecified atom stereocenters. The number of phenols is 1. The summed E-state index contributed by atoms with van der Waals surface area (Å²) >= 11 is 6.28. The molecule has 1 N–H and O–H groups in total. The second-order valence-electron chi connectivity index (χ2n) is 7.44. The molecule has 0 fully saturated rings. The van der Waals surface area contributed by atoms with E-state index in [4.69, 9.17) is 16.3 Å². The van der Waals surface area contributed by atoms with Crippen molar-refractivity contribution in [2.24, 2.45) is 0 Å². The molecule has 3 aromatic rings. The van der Waals surface area contributed by atoms with Gasteiger partial charge in [0.2, 0.25) is 0 Å². The van der Waals surface area contributed by atoms with E-state index in [-0.39, 0.29) is 5.75 Å². The van der Waals surface area contributed by atoms with Crippen LogP contribution < -0.4 is 4.74 Å². The van der Waals surface area contributed by atoms with Crippen molar-refractivity contribution in [2.75, 3.05) is 27.2 Å². The highest BCUT2D eigenvalue weighted by molar-refractivity contribution is 6.30. The van der Waals surface area contributed by atoms with Gasteiger partial charge in [0.1, 0.15) is 18.1 Å². The van der Waals surface area contributed by atoms with Gasteiger partial charge in [-0.15, -0.1) is 0 Å². The van der Waals surface area contributed by atoms with Crippen molar-refractivity contribution >= 4 is 22.7 Å². The SMILES string of the molecule is CCC(=C(c1ccc(O)cc1)c1ccc(OCCN(C)C)cc1)c1cccc(Cl)c1. The highest BCUT2D eigenvalue weighted by Gasteiger charge is 2.14. The van der Waals surface area contributed by atoms with Gasteiger partial charge in [-0.3, -0.25) is 0 Å². The molecule has 0 saturated carbocycles. The first-order chi connectivity index (χ1) is 14.5. The van der Waals surface area contributed by atoms with E-state index in [2.05, 4.69) is 30.0 Å². The number of phenolic OH excluding ortho intramolecular Hbond substituents is 1. The smallest absolute Gasteiger partial charge is 0.119 e. The van der Waals surface area contributed by atoms with Crippen molar-refractivity contribution in [3.63, 3.8) is 0 Å². The molecule has 3 rings (SSSR count). The molecule has 0 aliphatic rings. The molecule has 0 aromatic heterocycles. The Bertz CT molecular complexity index is 992. The lowest BCUT2D eigenvalue weighted by Gasteiger charge is -2.17. The van der Waals surface area contributed by atoms with E-state index in [9.17, 15) is 5.11 Å². The van der Waals surface area contributed by atoms with Gasteiger partial charge in [0, 0.05) is 11.6 Å². The minimum Gasteiger partial charge on any atom is -0.508 e. The largest absolute Gasteiger partial charge is 0.508 e. The summed E-state index contributed by atoms with van der Waals surface area (Å²) in [6.07, 6.45) is 0.845. The van der Waals surface area contributed by atoms with Gasteiger partial charge in [0.15, 0.2) is 0 Å². The predicted molar refractivity (Wildman–Crippen MR) is 126 cm³/mol. The summed E-state index contributed by atoms with van der Waals surface area (Å²) in [7, 11) is 4.06. The molecular formula is C26H28ClNO2. The molecule has 3 nitrogen and oxygen atoms in total. The summed E-state index contributed by atoms with van der Waals surface area (Å²) in [6.45, 7) is 3.67. The van der Waals surface area contributed by atoms with Gasteiger partial charge in [-0.05, 0) is 84.8 Å². The average molecular weight is 422 g/mol. The lowest BCUT2D eigenvalue weighted by molar-refractivity contribution is 0.261.